The number of fused-ring (bicyclic) bond motifs is 4. The SMILES string of the molecule is C[C@@H]1[C@@H]2Cc3ccc(N(C)C)cc3[C@@]1(C)CCN2Cc1ccccc1. The van der Waals surface area contributed by atoms with E-state index in [1.807, 2.05) is 0 Å². The summed E-state index contributed by atoms with van der Waals surface area (Å²) in [6, 6.07) is 18.7. The number of benzene rings is 2. The summed E-state index contributed by atoms with van der Waals surface area (Å²) in [5.41, 5.74) is 6.23. The third-order valence-corrected chi connectivity index (χ3v) is 6.85. The Morgan fingerprint density at radius 3 is 2.60 bits per heavy atom. The second kappa shape index (κ2) is 6.17. The molecule has 4 rings (SSSR count). The molecule has 132 valence electrons. The fourth-order valence-corrected chi connectivity index (χ4v) is 4.99. The molecule has 2 nitrogen and oxygen atoms in total. The topological polar surface area (TPSA) is 6.48 Å². The molecule has 0 aromatic heterocycles. The molecular weight excluding hydrogens is 304 g/mol. The standard InChI is InChI=1S/C23H30N2/c1-17-22-14-19-10-11-20(24(3)4)15-21(19)23(17,2)12-13-25(22)16-18-8-6-5-7-9-18/h5-11,15,17,22H,12-14,16H2,1-4H3/t17-,22+,23+/m1/s1. The van der Waals surface area contributed by atoms with E-state index < -0.39 is 0 Å². The fraction of sp³-hybridized carbons (Fsp3) is 0.478. The average molecular weight is 335 g/mol. The molecule has 3 atom stereocenters. The first-order valence-corrected chi connectivity index (χ1v) is 9.58. The van der Waals surface area contributed by atoms with E-state index in [0.29, 0.717) is 17.4 Å². The van der Waals surface area contributed by atoms with Crippen LogP contribution < -0.4 is 4.90 Å². The van der Waals surface area contributed by atoms with Crippen molar-refractivity contribution in [1.29, 1.82) is 0 Å². The van der Waals surface area contributed by atoms with Crippen molar-refractivity contribution in [2.75, 3.05) is 25.5 Å². The Kier molecular flexibility index (Phi) is 4.11. The summed E-state index contributed by atoms with van der Waals surface area (Å²) >= 11 is 0. The van der Waals surface area contributed by atoms with Crippen LogP contribution in [0, 0.1) is 5.92 Å². The number of nitrogens with zero attached hydrogens (tertiary/aromatic N) is 2. The van der Waals surface area contributed by atoms with E-state index in [4.69, 9.17) is 0 Å². The Bertz CT molecular complexity index is 752. The van der Waals surface area contributed by atoms with Gasteiger partial charge in [-0.2, -0.15) is 0 Å². The van der Waals surface area contributed by atoms with Gasteiger partial charge in [0.2, 0.25) is 0 Å². The second-order valence-electron chi connectivity index (χ2n) is 8.42. The molecule has 0 saturated carbocycles. The summed E-state index contributed by atoms with van der Waals surface area (Å²) in [7, 11) is 4.28. The van der Waals surface area contributed by atoms with Gasteiger partial charge in [-0.1, -0.05) is 50.2 Å². The highest BCUT2D eigenvalue weighted by Crippen LogP contribution is 2.49. The molecule has 2 aliphatic rings. The maximum absolute atomic E-state index is 2.73. The van der Waals surface area contributed by atoms with Crippen molar-refractivity contribution in [1.82, 2.24) is 4.90 Å². The van der Waals surface area contributed by atoms with Gasteiger partial charge in [0.15, 0.2) is 0 Å². The lowest BCUT2D eigenvalue weighted by molar-refractivity contribution is 0.0259. The van der Waals surface area contributed by atoms with Gasteiger partial charge in [-0.3, -0.25) is 4.90 Å². The summed E-state index contributed by atoms with van der Waals surface area (Å²) in [5.74, 6) is 0.690. The first-order chi connectivity index (χ1) is 12.0. The number of hydrogen-bond acceptors (Lipinski definition) is 2. The zero-order chi connectivity index (χ0) is 17.6. The average Bonchev–Trinajstić information content (AvgIpc) is 2.61. The molecule has 0 unspecified atom stereocenters. The van der Waals surface area contributed by atoms with E-state index in [-0.39, 0.29) is 0 Å². The van der Waals surface area contributed by atoms with Gasteiger partial charge in [-0.25, -0.2) is 0 Å². The van der Waals surface area contributed by atoms with Crippen molar-refractivity contribution in [2.45, 2.75) is 44.7 Å². The number of anilines is 1. The van der Waals surface area contributed by atoms with Gasteiger partial charge in [-0.15, -0.1) is 0 Å². The lowest BCUT2D eigenvalue weighted by atomic mass is 9.59. The monoisotopic (exact) mass is 334 g/mol. The Morgan fingerprint density at radius 2 is 1.88 bits per heavy atom. The van der Waals surface area contributed by atoms with Gasteiger partial charge < -0.3 is 4.90 Å². The molecule has 2 aromatic carbocycles. The summed E-state index contributed by atoms with van der Waals surface area (Å²) in [6.45, 7) is 7.26. The second-order valence-corrected chi connectivity index (χ2v) is 8.42. The zero-order valence-corrected chi connectivity index (χ0v) is 16.0. The van der Waals surface area contributed by atoms with Crippen molar-refractivity contribution >= 4 is 5.69 Å². The van der Waals surface area contributed by atoms with Gasteiger partial charge >= 0.3 is 0 Å². The third kappa shape index (κ3) is 2.77. The predicted octanol–water partition coefficient (Wildman–Crippen LogP) is 4.48. The molecule has 1 aliphatic heterocycles. The van der Waals surface area contributed by atoms with Crippen LogP contribution in [-0.2, 0) is 18.4 Å². The lowest BCUT2D eigenvalue weighted by Crippen LogP contribution is -2.57. The van der Waals surface area contributed by atoms with Gasteiger partial charge in [0.1, 0.15) is 0 Å². The number of likely N-dealkylation sites (tertiary alicyclic amines) is 1. The summed E-state index contributed by atoms with van der Waals surface area (Å²) in [6.07, 6.45) is 2.44. The number of hydrogen-bond donors (Lipinski definition) is 0. The first kappa shape index (κ1) is 16.7. The number of piperidine rings is 1. The molecule has 1 heterocycles. The highest BCUT2D eigenvalue weighted by atomic mass is 15.2. The highest BCUT2D eigenvalue weighted by molar-refractivity contribution is 5.54. The van der Waals surface area contributed by atoms with E-state index >= 15 is 0 Å². The minimum Gasteiger partial charge on any atom is -0.378 e. The van der Waals surface area contributed by atoms with E-state index in [1.54, 1.807) is 11.1 Å². The van der Waals surface area contributed by atoms with Crippen LogP contribution in [0.5, 0.6) is 0 Å². The molecule has 2 aromatic rings. The number of rotatable bonds is 3. The fourth-order valence-electron chi connectivity index (χ4n) is 4.99. The molecule has 25 heavy (non-hydrogen) atoms. The van der Waals surface area contributed by atoms with Crippen LogP contribution in [0.1, 0.15) is 37.0 Å². The van der Waals surface area contributed by atoms with E-state index in [1.165, 1.54) is 30.6 Å². The van der Waals surface area contributed by atoms with Gasteiger partial charge in [0, 0.05) is 32.4 Å². The molecule has 0 N–H and O–H groups in total. The summed E-state index contributed by atoms with van der Waals surface area (Å²) < 4.78 is 0. The zero-order valence-electron chi connectivity index (χ0n) is 16.0. The molecule has 2 heteroatoms. The highest BCUT2D eigenvalue weighted by Gasteiger charge is 2.48. The van der Waals surface area contributed by atoms with Crippen molar-refractivity contribution in [3.05, 3.63) is 65.2 Å². The Labute approximate surface area is 152 Å². The van der Waals surface area contributed by atoms with Crippen LogP contribution in [0.25, 0.3) is 0 Å². The molecule has 0 amide bonds. The summed E-state index contributed by atoms with van der Waals surface area (Å²) in [4.78, 5) is 4.95. The molecule has 0 radical (unpaired) electrons. The largest absolute Gasteiger partial charge is 0.378 e. The molecule has 0 spiro atoms. The van der Waals surface area contributed by atoms with Crippen molar-refractivity contribution < 1.29 is 0 Å². The van der Waals surface area contributed by atoms with Crippen LogP contribution in [0.2, 0.25) is 0 Å². The van der Waals surface area contributed by atoms with Gasteiger partial charge in [0.25, 0.3) is 0 Å². The molecule has 2 bridgehead atoms. The van der Waals surface area contributed by atoms with Crippen molar-refractivity contribution in [2.24, 2.45) is 5.92 Å². The van der Waals surface area contributed by atoms with Crippen LogP contribution in [0.3, 0.4) is 0 Å². The maximum Gasteiger partial charge on any atom is 0.0364 e. The quantitative estimate of drug-likeness (QED) is 0.817. The molecule has 1 aliphatic carbocycles. The summed E-state index contributed by atoms with van der Waals surface area (Å²) in [5, 5.41) is 0. The van der Waals surface area contributed by atoms with Crippen molar-refractivity contribution in [3.8, 4) is 0 Å². The van der Waals surface area contributed by atoms with E-state index in [0.717, 1.165) is 6.54 Å². The Balaban J connectivity index is 1.67. The van der Waals surface area contributed by atoms with Crippen LogP contribution in [-0.4, -0.2) is 31.6 Å². The lowest BCUT2D eigenvalue weighted by Gasteiger charge is -2.55. The van der Waals surface area contributed by atoms with E-state index in [2.05, 4.69) is 86.3 Å². The van der Waals surface area contributed by atoms with Crippen LogP contribution in [0.15, 0.2) is 48.5 Å². The van der Waals surface area contributed by atoms with Gasteiger partial charge in [-0.05, 0) is 59.5 Å². The van der Waals surface area contributed by atoms with Crippen LogP contribution in [0.4, 0.5) is 5.69 Å². The smallest absolute Gasteiger partial charge is 0.0364 e. The predicted molar refractivity (Wildman–Crippen MR) is 106 cm³/mol. The first-order valence-electron chi connectivity index (χ1n) is 9.58. The Hall–Kier alpha value is -1.80. The van der Waals surface area contributed by atoms with Crippen molar-refractivity contribution in [3.63, 3.8) is 0 Å². The minimum absolute atomic E-state index is 0.303. The van der Waals surface area contributed by atoms with E-state index in [9.17, 15) is 0 Å². The Morgan fingerprint density at radius 1 is 1.12 bits per heavy atom. The normalized spacial score (nSPS) is 28.5. The molecule has 1 saturated heterocycles. The third-order valence-electron chi connectivity index (χ3n) is 6.85. The minimum atomic E-state index is 0.303. The molecule has 1 fully saturated rings. The maximum atomic E-state index is 2.73. The molecular formula is C23H30N2. The van der Waals surface area contributed by atoms with Gasteiger partial charge in [0.05, 0.1) is 0 Å². The van der Waals surface area contributed by atoms with Crippen LogP contribution >= 0.6 is 0 Å².